The van der Waals surface area contributed by atoms with Crippen molar-refractivity contribution in [3.63, 3.8) is 0 Å². The molecule has 0 radical (unpaired) electrons. The summed E-state index contributed by atoms with van der Waals surface area (Å²) in [6, 6.07) is 4.95. The quantitative estimate of drug-likeness (QED) is 0.751. The Hall–Kier alpha value is -2.41. The fraction of sp³-hybridized carbons (Fsp3) is 0.0833. The highest BCUT2D eigenvalue weighted by Gasteiger charge is 2.07. The maximum Gasteiger partial charge on any atom is 0.325 e. The van der Waals surface area contributed by atoms with E-state index in [9.17, 15) is 4.79 Å². The average molecular weight is 274 g/mol. The van der Waals surface area contributed by atoms with E-state index >= 15 is 0 Å². The molecule has 2 heterocycles. The SMILES string of the molecule is Cc1nc2cc(NC(=O)Nc3nccs3)ccc2o1. The summed E-state index contributed by atoms with van der Waals surface area (Å²) in [6.45, 7) is 1.78. The Bertz CT molecular complexity index is 720. The molecule has 0 fully saturated rings. The minimum atomic E-state index is -0.338. The Morgan fingerprint density at radius 1 is 1.37 bits per heavy atom. The Labute approximate surface area is 112 Å². The van der Waals surface area contributed by atoms with Crippen molar-refractivity contribution in [2.75, 3.05) is 10.6 Å². The molecule has 96 valence electrons. The smallest absolute Gasteiger partial charge is 0.325 e. The maximum atomic E-state index is 11.7. The predicted octanol–water partition coefficient (Wildman–Crippen LogP) is 3.24. The van der Waals surface area contributed by atoms with E-state index in [4.69, 9.17) is 4.42 Å². The molecule has 2 amide bonds. The monoisotopic (exact) mass is 274 g/mol. The standard InChI is InChI=1S/C12H10N4O2S/c1-7-14-9-6-8(2-3-10(9)18-7)15-11(17)16-12-13-4-5-19-12/h2-6H,1H3,(H2,13,15,16,17). The van der Waals surface area contributed by atoms with E-state index in [-0.39, 0.29) is 6.03 Å². The zero-order chi connectivity index (χ0) is 13.2. The highest BCUT2D eigenvalue weighted by atomic mass is 32.1. The lowest BCUT2D eigenvalue weighted by atomic mass is 10.3. The molecule has 6 nitrogen and oxygen atoms in total. The van der Waals surface area contributed by atoms with Gasteiger partial charge in [-0.25, -0.2) is 14.8 Å². The number of aryl methyl sites for hydroxylation is 1. The molecular formula is C12H10N4O2S. The first kappa shape index (κ1) is 11.7. The number of oxazole rings is 1. The molecule has 0 saturated carbocycles. The molecule has 3 aromatic rings. The molecule has 0 aliphatic heterocycles. The molecule has 0 bridgehead atoms. The van der Waals surface area contributed by atoms with Gasteiger partial charge in [0, 0.05) is 24.2 Å². The number of hydrogen-bond donors (Lipinski definition) is 2. The van der Waals surface area contributed by atoms with Crippen LogP contribution in [-0.2, 0) is 0 Å². The number of nitrogens with one attached hydrogen (secondary N) is 2. The minimum absolute atomic E-state index is 0.338. The van der Waals surface area contributed by atoms with Crippen molar-refractivity contribution in [1.29, 1.82) is 0 Å². The van der Waals surface area contributed by atoms with E-state index in [2.05, 4.69) is 20.6 Å². The lowest BCUT2D eigenvalue weighted by Gasteiger charge is -2.04. The molecule has 3 rings (SSSR count). The van der Waals surface area contributed by atoms with Crippen LogP contribution in [0.1, 0.15) is 5.89 Å². The van der Waals surface area contributed by atoms with Crippen molar-refractivity contribution in [3.05, 3.63) is 35.7 Å². The summed E-state index contributed by atoms with van der Waals surface area (Å²) in [6.07, 6.45) is 1.63. The van der Waals surface area contributed by atoms with E-state index < -0.39 is 0 Å². The molecule has 0 unspecified atom stereocenters. The number of hydrogen-bond acceptors (Lipinski definition) is 5. The number of thiazole rings is 1. The summed E-state index contributed by atoms with van der Waals surface area (Å²) in [5.74, 6) is 0.597. The van der Waals surface area contributed by atoms with Crippen LogP contribution in [-0.4, -0.2) is 16.0 Å². The number of anilines is 2. The largest absolute Gasteiger partial charge is 0.441 e. The van der Waals surface area contributed by atoms with Gasteiger partial charge in [0.15, 0.2) is 16.6 Å². The van der Waals surface area contributed by atoms with Gasteiger partial charge in [0.25, 0.3) is 0 Å². The molecule has 2 N–H and O–H groups in total. The zero-order valence-electron chi connectivity index (χ0n) is 10.0. The van der Waals surface area contributed by atoms with Crippen molar-refractivity contribution in [3.8, 4) is 0 Å². The Morgan fingerprint density at radius 3 is 3.05 bits per heavy atom. The number of aromatic nitrogens is 2. The second-order valence-corrected chi connectivity index (χ2v) is 4.73. The predicted molar refractivity (Wildman–Crippen MR) is 73.5 cm³/mol. The molecule has 1 aromatic carbocycles. The number of rotatable bonds is 2. The first-order valence-corrected chi connectivity index (χ1v) is 6.43. The highest BCUT2D eigenvalue weighted by molar-refractivity contribution is 7.13. The zero-order valence-corrected chi connectivity index (χ0v) is 10.8. The third kappa shape index (κ3) is 2.55. The summed E-state index contributed by atoms with van der Waals surface area (Å²) in [5, 5.41) is 7.70. The van der Waals surface area contributed by atoms with Gasteiger partial charge in [-0.15, -0.1) is 11.3 Å². The number of urea groups is 1. The summed E-state index contributed by atoms with van der Waals surface area (Å²) in [7, 11) is 0. The van der Waals surface area contributed by atoms with Crippen LogP contribution in [0.4, 0.5) is 15.6 Å². The minimum Gasteiger partial charge on any atom is -0.441 e. The molecule has 19 heavy (non-hydrogen) atoms. The highest BCUT2D eigenvalue weighted by Crippen LogP contribution is 2.20. The molecule has 0 atom stereocenters. The molecule has 0 aliphatic carbocycles. The van der Waals surface area contributed by atoms with Gasteiger partial charge >= 0.3 is 6.03 Å². The normalized spacial score (nSPS) is 10.6. The second kappa shape index (κ2) is 4.69. The third-order valence-electron chi connectivity index (χ3n) is 2.41. The van der Waals surface area contributed by atoms with E-state index in [0.29, 0.717) is 27.8 Å². The van der Waals surface area contributed by atoms with Crippen LogP contribution in [0.15, 0.2) is 34.2 Å². The fourth-order valence-electron chi connectivity index (χ4n) is 1.67. The van der Waals surface area contributed by atoms with E-state index in [0.717, 1.165) is 0 Å². The van der Waals surface area contributed by atoms with E-state index in [1.165, 1.54) is 11.3 Å². The van der Waals surface area contributed by atoms with Crippen LogP contribution < -0.4 is 10.6 Å². The van der Waals surface area contributed by atoms with Gasteiger partial charge in [0.05, 0.1) is 0 Å². The summed E-state index contributed by atoms with van der Waals surface area (Å²) >= 11 is 1.36. The topological polar surface area (TPSA) is 80.0 Å². The van der Waals surface area contributed by atoms with Crippen LogP contribution in [0.5, 0.6) is 0 Å². The van der Waals surface area contributed by atoms with Gasteiger partial charge in [-0.05, 0) is 18.2 Å². The number of fused-ring (bicyclic) bond motifs is 1. The Morgan fingerprint density at radius 2 is 2.26 bits per heavy atom. The molecule has 0 saturated heterocycles. The molecule has 7 heteroatoms. The number of benzene rings is 1. The number of carbonyl (C=O) groups excluding carboxylic acids is 1. The lowest BCUT2D eigenvalue weighted by Crippen LogP contribution is -2.19. The first-order valence-electron chi connectivity index (χ1n) is 5.55. The number of amides is 2. The molecule has 0 aliphatic rings. The van der Waals surface area contributed by atoms with Gasteiger partial charge < -0.3 is 9.73 Å². The summed E-state index contributed by atoms with van der Waals surface area (Å²) in [4.78, 5) is 19.9. The second-order valence-electron chi connectivity index (χ2n) is 3.83. The van der Waals surface area contributed by atoms with Gasteiger partial charge in [-0.2, -0.15) is 0 Å². The Balaban J connectivity index is 1.75. The van der Waals surface area contributed by atoms with Gasteiger partial charge in [0.2, 0.25) is 0 Å². The summed E-state index contributed by atoms with van der Waals surface area (Å²) < 4.78 is 5.37. The van der Waals surface area contributed by atoms with Crippen LogP contribution in [0.2, 0.25) is 0 Å². The lowest BCUT2D eigenvalue weighted by molar-refractivity contribution is 0.262. The van der Waals surface area contributed by atoms with Crippen molar-refractivity contribution in [1.82, 2.24) is 9.97 Å². The van der Waals surface area contributed by atoms with Crippen LogP contribution in [0.25, 0.3) is 11.1 Å². The average Bonchev–Trinajstić information content (AvgIpc) is 2.96. The van der Waals surface area contributed by atoms with Crippen molar-refractivity contribution in [2.24, 2.45) is 0 Å². The summed E-state index contributed by atoms with van der Waals surface area (Å²) in [5.41, 5.74) is 2.06. The van der Waals surface area contributed by atoms with E-state index in [1.54, 1.807) is 36.7 Å². The molecule has 2 aromatic heterocycles. The van der Waals surface area contributed by atoms with Crippen molar-refractivity contribution < 1.29 is 9.21 Å². The van der Waals surface area contributed by atoms with Crippen LogP contribution in [0, 0.1) is 6.92 Å². The molecule has 0 spiro atoms. The maximum absolute atomic E-state index is 11.7. The first-order chi connectivity index (χ1) is 9.20. The van der Waals surface area contributed by atoms with Crippen molar-refractivity contribution in [2.45, 2.75) is 6.92 Å². The van der Waals surface area contributed by atoms with Gasteiger partial charge in [0.1, 0.15) is 5.52 Å². The fourth-order valence-corrected chi connectivity index (χ4v) is 2.19. The van der Waals surface area contributed by atoms with Crippen LogP contribution >= 0.6 is 11.3 Å². The van der Waals surface area contributed by atoms with E-state index in [1.807, 2.05) is 0 Å². The third-order valence-corrected chi connectivity index (χ3v) is 3.09. The van der Waals surface area contributed by atoms with Gasteiger partial charge in [-0.3, -0.25) is 5.32 Å². The van der Waals surface area contributed by atoms with Gasteiger partial charge in [-0.1, -0.05) is 0 Å². The van der Waals surface area contributed by atoms with Crippen LogP contribution in [0.3, 0.4) is 0 Å². The number of nitrogens with zero attached hydrogens (tertiary/aromatic N) is 2. The molecular weight excluding hydrogens is 264 g/mol. The Kier molecular flexibility index (Phi) is 2.88. The van der Waals surface area contributed by atoms with Crippen molar-refractivity contribution >= 4 is 39.3 Å². The number of carbonyl (C=O) groups is 1.